The highest BCUT2D eigenvalue weighted by Crippen LogP contribution is 2.30. The molecule has 2 nitrogen and oxygen atoms in total. The first-order valence-electron chi connectivity index (χ1n) is 4.75. The summed E-state index contributed by atoms with van der Waals surface area (Å²) in [6, 6.07) is 4.73. The van der Waals surface area contributed by atoms with Crippen molar-refractivity contribution >= 4 is 33.3 Å². The molecule has 0 N–H and O–H groups in total. The minimum absolute atomic E-state index is 0.661. The Morgan fingerprint density at radius 2 is 2.29 bits per heavy atom. The Kier molecular flexibility index (Phi) is 3.29. The highest BCUT2D eigenvalue weighted by atomic mass is 79.9. The van der Waals surface area contributed by atoms with Gasteiger partial charge < -0.3 is 4.90 Å². The predicted octanol–water partition coefficient (Wildman–Crippen LogP) is 3.05. The summed E-state index contributed by atoms with van der Waals surface area (Å²) in [6.45, 7) is 0.890. The van der Waals surface area contributed by atoms with Gasteiger partial charge in [0.1, 0.15) is 5.82 Å². The van der Waals surface area contributed by atoms with Crippen LogP contribution in [-0.2, 0) is 0 Å². The van der Waals surface area contributed by atoms with E-state index in [4.69, 9.17) is 11.6 Å². The van der Waals surface area contributed by atoms with Crippen LogP contribution in [0.3, 0.4) is 0 Å². The molecular formula is C10H12BrClN2. The molecule has 1 aliphatic rings. The van der Waals surface area contributed by atoms with Crippen LogP contribution in [0.5, 0.6) is 0 Å². The summed E-state index contributed by atoms with van der Waals surface area (Å²) in [4.78, 5) is 6.67. The molecule has 0 spiro atoms. The minimum atomic E-state index is 0.661. The van der Waals surface area contributed by atoms with E-state index in [-0.39, 0.29) is 0 Å². The van der Waals surface area contributed by atoms with Gasteiger partial charge in [-0.05, 0) is 40.9 Å². The van der Waals surface area contributed by atoms with E-state index in [1.807, 2.05) is 18.3 Å². The minimum Gasteiger partial charge on any atom is -0.352 e. The lowest BCUT2D eigenvalue weighted by Crippen LogP contribution is -2.28. The average Bonchev–Trinajstić information content (AvgIpc) is 2.99. The highest BCUT2D eigenvalue weighted by molar-refractivity contribution is 9.10. The number of aromatic nitrogens is 1. The van der Waals surface area contributed by atoms with Crippen LogP contribution in [0.1, 0.15) is 12.8 Å². The fourth-order valence-electron chi connectivity index (χ4n) is 1.50. The Morgan fingerprint density at radius 3 is 2.79 bits per heavy atom. The van der Waals surface area contributed by atoms with Gasteiger partial charge in [-0.3, -0.25) is 0 Å². The van der Waals surface area contributed by atoms with Gasteiger partial charge in [0.2, 0.25) is 0 Å². The number of hydrogen-bond donors (Lipinski definition) is 0. The lowest BCUT2D eigenvalue weighted by Gasteiger charge is -2.22. The highest BCUT2D eigenvalue weighted by Gasteiger charge is 2.29. The maximum atomic E-state index is 5.77. The molecule has 2 rings (SSSR count). The van der Waals surface area contributed by atoms with Crippen molar-refractivity contribution in [2.75, 3.05) is 17.3 Å². The third kappa shape index (κ3) is 2.39. The summed E-state index contributed by atoms with van der Waals surface area (Å²) in [5.74, 6) is 1.70. The molecule has 0 atom stereocenters. The SMILES string of the molecule is ClCCN(c1ccc(Br)cn1)C1CC1. The van der Waals surface area contributed by atoms with Crippen LogP contribution >= 0.6 is 27.5 Å². The average molecular weight is 276 g/mol. The number of hydrogen-bond acceptors (Lipinski definition) is 2. The fourth-order valence-corrected chi connectivity index (χ4v) is 1.92. The van der Waals surface area contributed by atoms with Gasteiger partial charge in [-0.25, -0.2) is 4.98 Å². The molecule has 0 bridgehead atoms. The summed E-state index contributed by atoms with van der Waals surface area (Å²) in [5.41, 5.74) is 0. The second-order valence-corrected chi connectivity index (χ2v) is 4.74. The first-order chi connectivity index (χ1) is 6.81. The van der Waals surface area contributed by atoms with E-state index in [1.165, 1.54) is 12.8 Å². The molecule has 0 aromatic carbocycles. The monoisotopic (exact) mass is 274 g/mol. The van der Waals surface area contributed by atoms with E-state index in [0.717, 1.165) is 16.8 Å². The van der Waals surface area contributed by atoms with Crippen LogP contribution in [0.25, 0.3) is 0 Å². The molecule has 1 aromatic heterocycles. The molecule has 0 saturated heterocycles. The normalized spacial score (nSPS) is 15.6. The number of alkyl halides is 1. The van der Waals surface area contributed by atoms with Crippen LogP contribution in [0.2, 0.25) is 0 Å². The summed E-state index contributed by atoms with van der Waals surface area (Å²) in [7, 11) is 0. The second-order valence-electron chi connectivity index (χ2n) is 3.45. The van der Waals surface area contributed by atoms with E-state index >= 15 is 0 Å². The van der Waals surface area contributed by atoms with E-state index in [9.17, 15) is 0 Å². The number of anilines is 1. The van der Waals surface area contributed by atoms with Crippen LogP contribution in [0.4, 0.5) is 5.82 Å². The number of pyridine rings is 1. The van der Waals surface area contributed by atoms with Crippen molar-refractivity contribution < 1.29 is 0 Å². The van der Waals surface area contributed by atoms with Crippen molar-refractivity contribution in [3.05, 3.63) is 22.8 Å². The van der Waals surface area contributed by atoms with E-state index < -0.39 is 0 Å². The van der Waals surface area contributed by atoms with E-state index in [0.29, 0.717) is 11.9 Å². The summed E-state index contributed by atoms with van der Waals surface area (Å²) in [5, 5.41) is 0. The largest absolute Gasteiger partial charge is 0.352 e. The van der Waals surface area contributed by atoms with Crippen molar-refractivity contribution in [1.82, 2.24) is 4.98 Å². The van der Waals surface area contributed by atoms with Gasteiger partial charge in [0.05, 0.1) is 0 Å². The van der Waals surface area contributed by atoms with E-state index in [1.54, 1.807) is 0 Å². The van der Waals surface area contributed by atoms with Gasteiger partial charge >= 0.3 is 0 Å². The molecule has 1 heterocycles. The summed E-state index contributed by atoms with van der Waals surface area (Å²) >= 11 is 9.15. The van der Waals surface area contributed by atoms with Crippen molar-refractivity contribution in [3.8, 4) is 0 Å². The molecule has 1 fully saturated rings. The topological polar surface area (TPSA) is 16.1 Å². The molecule has 76 valence electrons. The zero-order valence-corrected chi connectivity index (χ0v) is 10.1. The number of rotatable bonds is 4. The second kappa shape index (κ2) is 4.49. The predicted molar refractivity (Wildman–Crippen MR) is 63.0 cm³/mol. The van der Waals surface area contributed by atoms with Crippen LogP contribution in [-0.4, -0.2) is 23.5 Å². The molecule has 1 aliphatic carbocycles. The number of halogens is 2. The van der Waals surface area contributed by atoms with Gasteiger partial charge in [0.15, 0.2) is 0 Å². The fraction of sp³-hybridized carbons (Fsp3) is 0.500. The molecule has 1 aromatic rings. The maximum absolute atomic E-state index is 5.77. The van der Waals surface area contributed by atoms with Crippen LogP contribution < -0.4 is 4.90 Å². The number of nitrogens with zero attached hydrogens (tertiary/aromatic N) is 2. The molecular weight excluding hydrogens is 263 g/mol. The van der Waals surface area contributed by atoms with Crippen LogP contribution in [0, 0.1) is 0 Å². The van der Waals surface area contributed by atoms with Gasteiger partial charge in [0, 0.05) is 29.1 Å². The zero-order chi connectivity index (χ0) is 9.97. The maximum Gasteiger partial charge on any atom is 0.128 e. The van der Waals surface area contributed by atoms with Gasteiger partial charge in [-0.2, -0.15) is 0 Å². The van der Waals surface area contributed by atoms with E-state index in [2.05, 4.69) is 25.8 Å². The third-order valence-electron chi connectivity index (χ3n) is 2.32. The smallest absolute Gasteiger partial charge is 0.128 e. The van der Waals surface area contributed by atoms with Crippen molar-refractivity contribution in [3.63, 3.8) is 0 Å². The lowest BCUT2D eigenvalue weighted by atomic mass is 10.4. The molecule has 0 aliphatic heterocycles. The molecule has 1 saturated carbocycles. The van der Waals surface area contributed by atoms with Crippen LogP contribution in [0.15, 0.2) is 22.8 Å². The summed E-state index contributed by atoms with van der Waals surface area (Å²) in [6.07, 6.45) is 4.38. The Balaban J connectivity index is 2.13. The Hall–Kier alpha value is -0.280. The standard InChI is InChI=1S/C10H12BrClN2/c11-8-1-4-10(13-7-8)14(6-5-12)9-2-3-9/h1,4,7,9H,2-3,5-6H2. The molecule has 0 amide bonds. The first kappa shape index (κ1) is 10.2. The Morgan fingerprint density at radius 1 is 1.50 bits per heavy atom. The Bertz CT molecular complexity index is 297. The van der Waals surface area contributed by atoms with Crippen molar-refractivity contribution in [1.29, 1.82) is 0 Å². The van der Waals surface area contributed by atoms with Crippen molar-refractivity contribution in [2.24, 2.45) is 0 Å². The molecule has 0 radical (unpaired) electrons. The summed E-state index contributed by atoms with van der Waals surface area (Å²) < 4.78 is 1.02. The quantitative estimate of drug-likeness (QED) is 0.785. The third-order valence-corrected chi connectivity index (χ3v) is 2.96. The first-order valence-corrected chi connectivity index (χ1v) is 6.08. The zero-order valence-electron chi connectivity index (χ0n) is 7.79. The van der Waals surface area contributed by atoms with Crippen molar-refractivity contribution in [2.45, 2.75) is 18.9 Å². The molecule has 4 heteroatoms. The molecule has 0 unspecified atom stereocenters. The lowest BCUT2D eigenvalue weighted by molar-refractivity contribution is 0.811. The Labute approximate surface area is 97.4 Å². The van der Waals surface area contributed by atoms with Gasteiger partial charge in [-0.1, -0.05) is 0 Å². The van der Waals surface area contributed by atoms with Gasteiger partial charge in [0.25, 0.3) is 0 Å². The molecule has 14 heavy (non-hydrogen) atoms. The van der Waals surface area contributed by atoms with Gasteiger partial charge in [-0.15, -0.1) is 11.6 Å².